The molecule has 1 amide bonds. The highest BCUT2D eigenvalue weighted by molar-refractivity contribution is 5.85. The number of rotatable bonds is 3. The fraction of sp³-hybridized carbons (Fsp3) is 0.188. The lowest BCUT2D eigenvalue weighted by molar-refractivity contribution is -0.122. The molecule has 0 saturated carbocycles. The van der Waals surface area contributed by atoms with Crippen LogP contribution in [0, 0.1) is 0 Å². The van der Waals surface area contributed by atoms with Crippen LogP contribution in [0.3, 0.4) is 0 Å². The molecule has 2 aromatic rings. The standard InChI is InChI=1S/C16H15NO3/c18-12-5-3-4-11(8-12)9-17-16(19)14-10-20-15-7-2-1-6-13(14)15/h1-8,14,18H,9-10H2,(H,17,19). The van der Waals surface area contributed by atoms with Gasteiger partial charge in [-0.1, -0.05) is 30.3 Å². The summed E-state index contributed by atoms with van der Waals surface area (Å²) in [5, 5.41) is 12.3. The van der Waals surface area contributed by atoms with Crippen LogP contribution in [-0.2, 0) is 11.3 Å². The number of nitrogens with one attached hydrogen (secondary N) is 1. The lowest BCUT2D eigenvalue weighted by Gasteiger charge is -2.10. The van der Waals surface area contributed by atoms with Gasteiger partial charge in [0.1, 0.15) is 24.0 Å². The molecule has 20 heavy (non-hydrogen) atoms. The molecule has 102 valence electrons. The number of phenols is 1. The number of amides is 1. The zero-order valence-corrected chi connectivity index (χ0v) is 10.9. The molecular weight excluding hydrogens is 254 g/mol. The van der Waals surface area contributed by atoms with Gasteiger partial charge < -0.3 is 15.2 Å². The van der Waals surface area contributed by atoms with Crippen molar-refractivity contribution in [3.63, 3.8) is 0 Å². The highest BCUT2D eigenvalue weighted by Crippen LogP contribution is 2.33. The molecule has 0 spiro atoms. The predicted octanol–water partition coefficient (Wildman–Crippen LogP) is 2.18. The number of benzene rings is 2. The molecule has 4 nitrogen and oxygen atoms in total. The van der Waals surface area contributed by atoms with E-state index in [9.17, 15) is 9.90 Å². The van der Waals surface area contributed by atoms with Crippen LogP contribution in [0.1, 0.15) is 17.0 Å². The maximum atomic E-state index is 12.2. The Morgan fingerprint density at radius 2 is 2.10 bits per heavy atom. The number of aromatic hydroxyl groups is 1. The topological polar surface area (TPSA) is 58.6 Å². The smallest absolute Gasteiger partial charge is 0.231 e. The van der Waals surface area contributed by atoms with Gasteiger partial charge in [0, 0.05) is 12.1 Å². The maximum Gasteiger partial charge on any atom is 0.231 e. The van der Waals surface area contributed by atoms with Crippen molar-refractivity contribution in [2.24, 2.45) is 0 Å². The third kappa shape index (κ3) is 2.45. The van der Waals surface area contributed by atoms with Crippen LogP contribution < -0.4 is 10.1 Å². The van der Waals surface area contributed by atoms with E-state index >= 15 is 0 Å². The molecule has 2 aromatic carbocycles. The summed E-state index contributed by atoms with van der Waals surface area (Å²) < 4.78 is 5.50. The first-order chi connectivity index (χ1) is 9.74. The minimum absolute atomic E-state index is 0.0571. The van der Waals surface area contributed by atoms with Crippen LogP contribution in [0.25, 0.3) is 0 Å². The van der Waals surface area contributed by atoms with E-state index in [4.69, 9.17) is 4.74 Å². The van der Waals surface area contributed by atoms with Crippen molar-refractivity contribution in [1.82, 2.24) is 5.32 Å². The monoisotopic (exact) mass is 269 g/mol. The molecule has 0 aromatic heterocycles. The van der Waals surface area contributed by atoms with E-state index in [1.807, 2.05) is 30.3 Å². The molecule has 1 aliphatic rings. The minimum Gasteiger partial charge on any atom is -0.508 e. The van der Waals surface area contributed by atoms with Gasteiger partial charge in [0.25, 0.3) is 0 Å². The molecule has 0 fully saturated rings. The van der Waals surface area contributed by atoms with Crippen molar-refractivity contribution in [3.8, 4) is 11.5 Å². The van der Waals surface area contributed by atoms with Crippen LogP contribution in [0.15, 0.2) is 48.5 Å². The van der Waals surface area contributed by atoms with Crippen molar-refractivity contribution in [3.05, 3.63) is 59.7 Å². The normalized spacial score (nSPS) is 16.3. The van der Waals surface area contributed by atoms with E-state index in [-0.39, 0.29) is 17.6 Å². The molecule has 0 radical (unpaired) electrons. The zero-order chi connectivity index (χ0) is 13.9. The average molecular weight is 269 g/mol. The summed E-state index contributed by atoms with van der Waals surface area (Å²) in [5.41, 5.74) is 1.80. The first-order valence-electron chi connectivity index (χ1n) is 6.51. The SMILES string of the molecule is O=C(NCc1cccc(O)c1)C1COc2ccccc21. The van der Waals surface area contributed by atoms with Gasteiger partial charge in [-0.25, -0.2) is 0 Å². The average Bonchev–Trinajstić information content (AvgIpc) is 2.89. The maximum absolute atomic E-state index is 12.2. The number of fused-ring (bicyclic) bond motifs is 1. The van der Waals surface area contributed by atoms with E-state index < -0.39 is 0 Å². The zero-order valence-electron chi connectivity index (χ0n) is 10.9. The molecule has 3 rings (SSSR count). The van der Waals surface area contributed by atoms with Gasteiger partial charge in [0.15, 0.2) is 0 Å². The molecule has 1 heterocycles. The molecular formula is C16H15NO3. The summed E-state index contributed by atoms with van der Waals surface area (Å²) >= 11 is 0. The summed E-state index contributed by atoms with van der Waals surface area (Å²) in [6.45, 7) is 0.775. The van der Waals surface area contributed by atoms with E-state index in [1.165, 1.54) is 0 Å². The highest BCUT2D eigenvalue weighted by Gasteiger charge is 2.29. The van der Waals surface area contributed by atoms with E-state index in [0.717, 1.165) is 16.9 Å². The summed E-state index contributed by atoms with van der Waals surface area (Å²) in [5.74, 6) is 0.665. The molecule has 1 unspecified atom stereocenters. The lowest BCUT2D eigenvalue weighted by Crippen LogP contribution is -2.29. The van der Waals surface area contributed by atoms with Crippen LogP contribution in [-0.4, -0.2) is 17.6 Å². The van der Waals surface area contributed by atoms with Gasteiger partial charge in [0.2, 0.25) is 5.91 Å². The molecule has 4 heteroatoms. The molecule has 0 bridgehead atoms. The second kappa shape index (κ2) is 5.25. The quantitative estimate of drug-likeness (QED) is 0.898. The first-order valence-corrected chi connectivity index (χ1v) is 6.51. The summed E-state index contributed by atoms with van der Waals surface area (Å²) in [4.78, 5) is 12.2. The largest absolute Gasteiger partial charge is 0.508 e. The van der Waals surface area contributed by atoms with E-state index in [0.29, 0.717) is 13.2 Å². The fourth-order valence-electron chi connectivity index (χ4n) is 2.36. The Labute approximate surface area is 117 Å². The third-order valence-electron chi connectivity index (χ3n) is 3.39. The van der Waals surface area contributed by atoms with Crippen molar-refractivity contribution in [1.29, 1.82) is 0 Å². The van der Waals surface area contributed by atoms with Gasteiger partial charge in [-0.3, -0.25) is 4.79 Å². The molecule has 0 aliphatic carbocycles. The van der Waals surface area contributed by atoms with Crippen LogP contribution in [0.2, 0.25) is 0 Å². The lowest BCUT2D eigenvalue weighted by atomic mass is 10.0. The van der Waals surface area contributed by atoms with Crippen molar-refractivity contribution >= 4 is 5.91 Å². The van der Waals surface area contributed by atoms with Crippen LogP contribution in [0.5, 0.6) is 11.5 Å². The summed E-state index contributed by atoms with van der Waals surface area (Å²) in [6.07, 6.45) is 0. The van der Waals surface area contributed by atoms with E-state index in [2.05, 4.69) is 5.32 Å². The Bertz CT molecular complexity index is 639. The summed E-state index contributed by atoms with van der Waals surface area (Å²) in [6, 6.07) is 14.4. The Morgan fingerprint density at radius 1 is 1.25 bits per heavy atom. The molecule has 1 atom stereocenters. The minimum atomic E-state index is -0.261. The number of carbonyl (C=O) groups excluding carboxylic acids is 1. The van der Waals surface area contributed by atoms with Crippen molar-refractivity contribution in [2.75, 3.05) is 6.61 Å². The number of hydrogen-bond acceptors (Lipinski definition) is 3. The Kier molecular flexibility index (Phi) is 3.29. The molecule has 1 aliphatic heterocycles. The van der Waals surface area contributed by atoms with Gasteiger partial charge in [-0.05, 0) is 23.8 Å². The Balaban J connectivity index is 1.66. The van der Waals surface area contributed by atoms with Crippen molar-refractivity contribution < 1.29 is 14.6 Å². The second-order valence-corrected chi connectivity index (χ2v) is 4.79. The summed E-state index contributed by atoms with van der Waals surface area (Å²) in [7, 11) is 0. The Hall–Kier alpha value is -2.49. The third-order valence-corrected chi connectivity index (χ3v) is 3.39. The van der Waals surface area contributed by atoms with Crippen LogP contribution >= 0.6 is 0 Å². The molecule has 0 saturated heterocycles. The first kappa shape index (κ1) is 12.5. The second-order valence-electron chi connectivity index (χ2n) is 4.79. The predicted molar refractivity (Wildman–Crippen MR) is 74.6 cm³/mol. The van der Waals surface area contributed by atoms with Crippen LogP contribution in [0.4, 0.5) is 0 Å². The van der Waals surface area contributed by atoms with Gasteiger partial charge in [-0.15, -0.1) is 0 Å². The number of carbonyl (C=O) groups is 1. The molecule has 2 N–H and O–H groups in total. The fourth-order valence-corrected chi connectivity index (χ4v) is 2.36. The van der Waals surface area contributed by atoms with Gasteiger partial charge >= 0.3 is 0 Å². The van der Waals surface area contributed by atoms with E-state index in [1.54, 1.807) is 18.2 Å². The Morgan fingerprint density at radius 3 is 2.95 bits per heavy atom. The van der Waals surface area contributed by atoms with Gasteiger partial charge in [0.05, 0.1) is 0 Å². The van der Waals surface area contributed by atoms with Gasteiger partial charge in [-0.2, -0.15) is 0 Å². The number of phenolic OH excluding ortho intramolecular Hbond substituents is 1. The number of ether oxygens (including phenoxy) is 1. The highest BCUT2D eigenvalue weighted by atomic mass is 16.5. The van der Waals surface area contributed by atoms with Crippen molar-refractivity contribution in [2.45, 2.75) is 12.5 Å². The number of hydrogen-bond donors (Lipinski definition) is 2. The number of para-hydroxylation sites is 1.